The van der Waals surface area contributed by atoms with Crippen LogP contribution in [0.3, 0.4) is 0 Å². The maximum Gasteiger partial charge on any atom is 0.264 e. The lowest BCUT2D eigenvalue weighted by Crippen LogP contribution is -2.41. The second-order valence-corrected chi connectivity index (χ2v) is 7.87. The molecule has 3 aromatic rings. The molecule has 2 aliphatic rings. The first-order chi connectivity index (χ1) is 14.9. The summed E-state index contributed by atoms with van der Waals surface area (Å²) in [7, 11) is 0. The Morgan fingerprint density at radius 3 is 2.23 bits per heavy atom. The molecule has 0 N–H and O–H groups in total. The number of amides is 2. The number of piperidine rings is 1. The Morgan fingerprint density at radius 2 is 1.58 bits per heavy atom. The maximum absolute atomic E-state index is 14.0. The largest absolute Gasteiger partial charge is 0.356 e. The average molecular weight is 429 g/mol. The zero-order chi connectivity index (χ0) is 21.7. The van der Waals surface area contributed by atoms with Crippen molar-refractivity contribution < 1.29 is 27.3 Å². The fraction of sp³-hybridized carbons (Fsp3) is 0.318. The molecule has 2 aliphatic heterocycles. The number of hydrogen-bond acceptors (Lipinski definition) is 5. The van der Waals surface area contributed by atoms with Gasteiger partial charge < -0.3 is 9.42 Å². The summed E-state index contributed by atoms with van der Waals surface area (Å²) in [5.74, 6) is -3.60. The lowest BCUT2D eigenvalue weighted by atomic mass is 9.91. The molecule has 5 rings (SSSR count). The van der Waals surface area contributed by atoms with Crippen molar-refractivity contribution in [2.24, 2.45) is 0 Å². The SMILES string of the molecule is O=C1c2c(F)ccc(F)c2C(=O)N1CCN1CCC(c2noc3cc(F)ccc23)CC1. The lowest BCUT2D eigenvalue weighted by Gasteiger charge is -2.32. The van der Waals surface area contributed by atoms with Crippen LogP contribution in [-0.4, -0.2) is 52.9 Å². The topological polar surface area (TPSA) is 66.7 Å². The van der Waals surface area contributed by atoms with E-state index in [9.17, 15) is 22.8 Å². The molecule has 6 nitrogen and oxygen atoms in total. The van der Waals surface area contributed by atoms with E-state index in [0.717, 1.165) is 41.0 Å². The number of nitrogens with zero attached hydrogens (tertiary/aromatic N) is 3. The van der Waals surface area contributed by atoms with E-state index in [1.54, 1.807) is 6.07 Å². The first-order valence-corrected chi connectivity index (χ1v) is 10.1. The highest BCUT2D eigenvalue weighted by Crippen LogP contribution is 2.33. The number of carbonyl (C=O) groups excluding carboxylic acids is 2. The average Bonchev–Trinajstić information content (AvgIpc) is 3.29. The fourth-order valence-electron chi connectivity index (χ4n) is 4.43. The van der Waals surface area contributed by atoms with Crippen molar-refractivity contribution in [2.75, 3.05) is 26.2 Å². The van der Waals surface area contributed by atoms with Gasteiger partial charge in [0.15, 0.2) is 5.58 Å². The number of halogens is 3. The Labute approximate surface area is 175 Å². The molecule has 2 amide bonds. The number of carbonyl (C=O) groups is 2. The molecule has 0 unspecified atom stereocenters. The molecule has 160 valence electrons. The van der Waals surface area contributed by atoms with Crippen LogP contribution >= 0.6 is 0 Å². The highest BCUT2D eigenvalue weighted by atomic mass is 19.1. The van der Waals surface area contributed by atoms with Gasteiger partial charge in [0.2, 0.25) is 0 Å². The third kappa shape index (κ3) is 3.29. The van der Waals surface area contributed by atoms with Gasteiger partial charge in [-0.2, -0.15) is 0 Å². The van der Waals surface area contributed by atoms with Crippen molar-refractivity contribution >= 4 is 22.8 Å². The fourth-order valence-corrected chi connectivity index (χ4v) is 4.43. The summed E-state index contributed by atoms with van der Waals surface area (Å²) in [5.41, 5.74) is 0.250. The Morgan fingerprint density at radius 1 is 0.935 bits per heavy atom. The summed E-state index contributed by atoms with van der Waals surface area (Å²) in [6, 6.07) is 6.08. The van der Waals surface area contributed by atoms with E-state index in [4.69, 9.17) is 4.52 Å². The normalized spacial score (nSPS) is 17.7. The molecule has 0 bridgehead atoms. The summed E-state index contributed by atoms with van der Waals surface area (Å²) in [4.78, 5) is 27.9. The van der Waals surface area contributed by atoms with Gasteiger partial charge in [-0.05, 0) is 50.2 Å². The van der Waals surface area contributed by atoms with Crippen molar-refractivity contribution in [3.8, 4) is 0 Å². The molecule has 3 heterocycles. The number of rotatable bonds is 4. The first kappa shape index (κ1) is 19.7. The monoisotopic (exact) mass is 429 g/mol. The predicted octanol–water partition coefficient (Wildman–Crippen LogP) is 3.72. The molecule has 0 atom stereocenters. The summed E-state index contributed by atoms with van der Waals surface area (Å²) in [5, 5.41) is 4.93. The molecule has 31 heavy (non-hydrogen) atoms. The van der Waals surface area contributed by atoms with Gasteiger partial charge in [0, 0.05) is 30.5 Å². The molecule has 0 saturated carbocycles. The Hall–Kier alpha value is -3.20. The third-order valence-electron chi connectivity index (χ3n) is 6.10. The standard InChI is InChI=1S/C22H18F3N3O3/c23-13-1-2-14-17(11-13)31-26-20(14)12-5-7-27(8-6-12)9-10-28-21(29)18-15(24)3-4-16(25)19(18)22(28)30/h1-4,11-12H,5-10H2. The van der Waals surface area contributed by atoms with E-state index in [2.05, 4.69) is 10.1 Å². The molecule has 2 aromatic carbocycles. The van der Waals surface area contributed by atoms with E-state index in [-0.39, 0.29) is 18.3 Å². The minimum absolute atomic E-state index is 0.0576. The summed E-state index contributed by atoms with van der Waals surface area (Å²) in [6.07, 6.45) is 1.56. The van der Waals surface area contributed by atoms with Crippen molar-refractivity contribution in [1.29, 1.82) is 0 Å². The van der Waals surface area contributed by atoms with Gasteiger partial charge in [0.1, 0.15) is 17.5 Å². The second kappa shape index (κ2) is 7.49. The van der Waals surface area contributed by atoms with Gasteiger partial charge in [-0.15, -0.1) is 0 Å². The Kier molecular flexibility index (Phi) is 4.77. The second-order valence-electron chi connectivity index (χ2n) is 7.87. The number of fused-ring (bicyclic) bond motifs is 2. The number of hydrogen-bond donors (Lipinski definition) is 0. The van der Waals surface area contributed by atoms with Crippen molar-refractivity contribution in [1.82, 2.24) is 15.0 Å². The zero-order valence-electron chi connectivity index (χ0n) is 16.4. The van der Waals surface area contributed by atoms with Crippen LogP contribution in [0.4, 0.5) is 13.2 Å². The van der Waals surface area contributed by atoms with Crippen molar-refractivity contribution in [3.63, 3.8) is 0 Å². The molecule has 9 heteroatoms. The molecule has 0 spiro atoms. The smallest absolute Gasteiger partial charge is 0.264 e. The minimum atomic E-state index is -0.891. The van der Waals surface area contributed by atoms with Crippen molar-refractivity contribution in [3.05, 3.63) is 64.6 Å². The lowest BCUT2D eigenvalue weighted by molar-refractivity contribution is 0.0627. The first-order valence-electron chi connectivity index (χ1n) is 10.1. The predicted molar refractivity (Wildman–Crippen MR) is 104 cm³/mol. The maximum atomic E-state index is 14.0. The van der Waals surface area contributed by atoms with Crippen molar-refractivity contribution in [2.45, 2.75) is 18.8 Å². The van der Waals surface area contributed by atoms with Crippen LogP contribution in [0.5, 0.6) is 0 Å². The highest BCUT2D eigenvalue weighted by Gasteiger charge is 2.40. The van der Waals surface area contributed by atoms with Crippen LogP contribution in [0.25, 0.3) is 11.0 Å². The number of aromatic nitrogens is 1. The highest BCUT2D eigenvalue weighted by molar-refractivity contribution is 6.21. The number of benzene rings is 2. The molecule has 0 radical (unpaired) electrons. The van der Waals surface area contributed by atoms with E-state index < -0.39 is 34.6 Å². The van der Waals surface area contributed by atoms with Crippen LogP contribution in [0, 0.1) is 17.5 Å². The van der Waals surface area contributed by atoms with Crippen LogP contribution in [-0.2, 0) is 0 Å². The summed E-state index contributed by atoms with van der Waals surface area (Å²) < 4.78 is 46.5. The Balaban J connectivity index is 1.22. The van der Waals surface area contributed by atoms with Gasteiger partial charge >= 0.3 is 0 Å². The van der Waals surface area contributed by atoms with Gasteiger partial charge in [-0.1, -0.05) is 5.16 Å². The van der Waals surface area contributed by atoms with E-state index >= 15 is 0 Å². The zero-order valence-corrected chi connectivity index (χ0v) is 16.4. The third-order valence-corrected chi connectivity index (χ3v) is 6.10. The van der Waals surface area contributed by atoms with E-state index in [1.807, 2.05) is 0 Å². The van der Waals surface area contributed by atoms with Crippen LogP contribution < -0.4 is 0 Å². The minimum Gasteiger partial charge on any atom is -0.356 e. The Bertz CT molecular complexity index is 1160. The molecular formula is C22H18F3N3O3. The summed E-state index contributed by atoms with van der Waals surface area (Å²) in [6.45, 7) is 1.87. The van der Waals surface area contributed by atoms with E-state index in [1.165, 1.54) is 12.1 Å². The summed E-state index contributed by atoms with van der Waals surface area (Å²) >= 11 is 0. The molecule has 1 aromatic heterocycles. The van der Waals surface area contributed by atoms with Gasteiger partial charge in [0.25, 0.3) is 11.8 Å². The van der Waals surface area contributed by atoms with Crippen LogP contribution in [0.1, 0.15) is 45.2 Å². The molecule has 0 aliphatic carbocycles. The van der Waals surface area contributed by atoms with Crippen LogP contribution in [0.2, 0.25) is 0 Å². The van der Waals surface area contributed by atoms with Gasteiger partial charge in [-0.3, -0.25) is 14.5 Å². The van der Waals surface area contributed by atoms with Gasteiger partial charge in [0.05, 0.1) is 16.8 Å². The number of imide groups is 1. The molecular weight excluding hydrogens is 411 g/mol. The number of likely N-dealkylation sites (tertiary alicyclic amines) is 1. The molecule has 1 fully saturated rings. The van der Waals surface area contributed by atoms with E-state index in [0.29, 0.717) is 25.2 Å². The van der Waals surface area contributed by atoms with Crippen LogP contribution in [0.15, 0.2) is 34.9 Å². The molecule has 1 saturated heterocycles. The quantitative estimate of drug-likeness (QED) is 0.592. The van der Waals surface area contributed by atoms with Gasteiger partial charge in [-0.25, -0.2) is 13.2 Å².